The number of hydrogen-bond acceptors (Lipinski definition) is 3. The maximum atomic E-state index is 12.3. The SMILES string of the molecule is Cc1ccc(S(=O)(=O)NC(=O)[C@H]2CC=CCC2)c(C)c1. The quantitative estimate of drug-likeness (QED) is 0.871. The molecule has 0 heterocycles. The molecule has 1 aromatic carbocycles. The molecule has 1 amide bonds. The van der Waals surface area contributed by atoms with Crippen molar-refractivity contribution in [1.82, 2.24) is 4.72 Å². The van der Waals surface area contributed by atoms with E-state index < -0.39 is 15.9 Å². The zero-order valence-corrected chi connectivity index (χ0v) is 12.5. The van der Waals surface area contributed by atoms with Gasteiger partial charge in [-0.1, -0.05) is 29.8 Å². The summed E-state index contributed by atoms with van der Waals surface area (Å²) in [6.07, 6.45) is 6.07. The first kappa shape index (κ1) is 14.8. The van der Waals surface area contributed by atoms with E-state index in [1.165, 1.54) is 0 Å². The van der Waals surface area contributed by atoms with Gasteiger partial charge in [0.05, 0.1) is 4.90 Å². The third-order valence-electron chi connectivity index (χ3n) is 3.49. The first-order chi connectivity index (χ1) is 9.40. The van der Waals surface area contributed by atoms with Crippen LogP contribution in [0, 0.1) is 19.8 Å². The van der Waals surface area contributed by atoms with Crippen LogP contribution in [-0.2, 0) is 14.8 Å². The van der Waals surface area contributed by atoms with Crippen molar-refractivity contribution in [3.63, 3.8) is 0 Å². The average Bonchev–Trinajstić information content (AvgIpc) is 2.38. The molecule has 1 N–H and O–H groups in total. The molecule has 1 atom stereocenters. The zero-order chi connectivity index (χ0) is 14.8. The molecule has 0 unspecified atom stereocenters. The van der Waals surface area contributed by atoms with Gasteiger partial charge in [0.15, 0.2) is 0 Å². The number of rotatable bonds is 3. The van der Waals surface area contributed by atoms with Crippen LogP contribution in [0.5, 0.6) is 0 Å². The molecule has 0 aliphatic heterocycles. The van der Waals surface area contributed by atoms with E-state index in [-0.39, 0.29) is 10.8 Å². The summed E-state index contributed by atoms with van der Waals surface area (Å²) in [6.45, 7) is 3.63. The number of nitrogens with one attached hydrogen (secondary N) is 1. The van der Waals surface area contributed by atoms with Crippen molar-refractivity contribution >= 4 is 15.9 Å². The van der Waals surface area contributed by atoms with Crippen LogP contribution >= 0.6 is 0 Å². The Bertz CT molecular complexity index is 647. The van der Waals surface area contributed by atoms with Crippen molar-refractivity contribution in [2.24, 2.45) is 5.92 Å². The van der Waals surface area contributed by atoms with Crippen molar-refractivity contribution in [2.75, 3.05) is 0 Å². The Morgan fingerprint density at radius 2 is 2.00 bits per heavy atom. The van der Waals surface area contributed by atoms with Gasteiger partial charge in [-0.25, -0.2) is 13.1 Å². The van der Waals surface area contributed by atoms with Gasteiger partial charge >= 0.3 is 0 Å². The summed E-state index contributed by atoms with van der Waals surface area (Å²) >= 11 is 0. The predicted molar refractivity (Wildman–Crippen MR) is 77.7 cm³/mol. The number of allylic oxidation sites excluding steroid dienone is 2. The van der Waals surface area contributed by atoms with E-state index in [0.717, 1.165) is 12.0 Å². The lowest BCUT2D eigenvalue weighted by Gasteiger charge is -2.17. The van der Waals surface area contributed by atoms with Crippen LogP contribution in [0.1, 0.15) is 30.4 Å². The first-order valence-corrected chi connectivity index (χ1v) is 8.17. The molecule has 0 bridgehead atoms. The molecule has 5 heteroatoms. The van der Waals surface area contributed by atoms with Crippen molar-refractivity contribution < 1.29 is 13.2 Å². The highest BCUT2D eigenvalue weighted by molar-refractivity contribution is 7.90. The normalized spacial score (nSPS) is 18.8. The Kier molecular flexibility index (Phi) is 4.28. The molecular formula is C15H19NO3S. The lowest BCUT2D eigenvalue weighted by Crippen LogP contribution is -2.36. The second-order valence-electron chi connectivity index (χ2n) is 5.22. The van der Waals surface area contributed by atoms with Gasteiger partial charge in [0.2, 0.25) is 5.91 Å². The number of amides is 1. The van der Waals surface area contributed by atoms with Gasteiger partial charge < -0.3 is 0 Å². The van der Waals surface area contributed by atoms with Crippen LogP contribution in [-0.4, -0.2) is 14.3 Å². The molecule has 1 aliphatic rings. The van der Waals surface area contributed by atoms with Crippen LogP contribution in [0.15, 0.2) is 35.2 Å². The van der Waals surface area contributed by atoms with Crippen LogP contribution in [0.4, 0.5) is 0 Å². The Balaban J connectivity index is 2.18. The van der Waals surface area contributed by atoms with Gasteiger partial charge in [-0.15, -0.1) is 0 Å². The topological polar surface area (TPSA) is 63.2 Å². The van der Waals surface area contributed by atoms with E-state index >= 15 is 0 Å². The molecule has 1 aliphatic carbocycles. The Morgan fingerprint density at radius 3 is 2.60 bits per heavy atom. The minimum absolute atomic E-state index is 0.169. The Labute approximate surface area is 119 Å². The van der Waals surface area contributed by atoms with Gasteiger partial charge in [0.25, 0.3) is 10.0 Å². The number of benzene rings is 1. The van der Waals surface area contributed by atoms with Crippen molar-refractivity contribution in [1.29, 1.82) is 0 Å². The van der Waals surface area contributed by atoms with E-state index in [2.05, 4.69) is 4.72 Å². The summed E-state index contributed by atoms with van der Waals surface area (Å²) in [5.74, 6) is -0.658. The second kappa shape index (κ2) is 5.79. The fraction of sp³-hybridized carbons (Fsp3) is 0.400. The van der Waals surface area contributed by atoms with Gasteiger partial charge in [0, 0.05) is 5.92 Å². The highest BCUT2D eigenvalue weighted by Crippen LogP contribution is 2.20. The second-order valence-corrected chi connectivity index (χ2v) is 6.87. The van der Waals surface area contributed by atoms with Crippen LogP contribution < -0.4 is 4.72 Å². The third-order valence-corrected chi connectivity index (χ3v) is 5.00. The summed E-state index contributed by atoms with van der Waals surface area (Å²) in [7, 11) is -3.78. The molecule has 0 saturated heterocycles. The maximum Gasteiger partial charge on any atom is 0.264 e. The fourth-order valence-corrected chi connectivity index (χ4v) is 3.67. The predicted octanol–water partition coefficient (Wildman–Crippen LogP) is 2.46. The van der Waals surface area contributed by atoms with E-state index in [9.17, 15) is 13.2 Å². The van der Waals surface area contributed by atoms with E-state index in [1.54, 1.807) is 25.1 Å². The summed E-state index contributed by atoms with van der Waals surface area (Å²) in [4.78, 5) is 12.2. The standard InChI is InChI=1S/C15H19NO3S/c1-11-8-9-14(12(2)10-11)20(18,19)16-15(17)13-6-4-3-5-7-13/h3-4,8-10,13H,5-7H2,1-2H3,(H,16,17)/t13-/m0/s1. The number of carbonyl (C=O) groups excluding carboxylic acids is 1. The Hall–Kier alpha value is -1.62. The van der Waals surface area contributed by atoms with Gasteiger partial charge in [-0.2, -0.15) is 0 Å². The smallest absolute Gasteiger partial charge is 0.264 e. The van der Waals surface area contributed by atoms with E-state index in [0.29, 0.717) is 18.4 Å². The molecule has 0 spiro atoms. The molecule has 0 saturated carbocycles. The number of aryl methyl sites for hydroxylation is 2. The lowest BCUT2D eigenvalue weighted by molar-refractivity contribution is -0.123. The molecule has 1 aromatic rings. The number of hydrogen-bond donors (Lipinski definition) is 1. The molecule has 4 nitrogen and oxygen atoms in total. The highest BCUT2D eigenvalue weighted by Gasteiger charge is 2.25. The number of carbonyl (C=O) groups is 1. The van der Waals surface area contributed by atoms with Crippen molar-refractivity contribution in [3.05, 3.63) is 41.5 Å². The van der Waals surface area contributed by atoms with Crippen molar-refractivity contribution in [2.45, 2.75) is 38.0 Å². The summed E-state index contributed by atoms with van der Waals surface area (Å²) in [5, 5.41) is 0. The van der Waals surface area contributed by atoms with E-state index in [1.807, 2.05) is 19.1 Å². The average molecular weight is 293 g/mol. The van der Waals surface area contributed by atoms with Crippen molar-refractivity contribution in [3.8, 4) is 0 Å². The van der Waals surface area contributed by atoms with Gasteiger partial charge in [-0.3, -0.25) is 4.79 Å². The number of sulfonamides is 1. The van der Waals surface area contributed by atoms with Crippen LogP contribution in [0.2, 0.25) is 0 Å². The van der Waals surface area contributed by atoms with Gasteiger partial charge in [-0.05, 0) is 44.7 Å². The maximum absolute atomic E-state index is 12.3. The summed E-state index contributed by atoms with van der Waals surface area (Å²) in [5.41, 5.74) is 1.64. The molecule has 2 rings (SSSR count). The molecule has 108 valence electrons. The molecule has 20 heavy (non-hydrogen) atoms. The minimum Gasteiger partial charge on any atom is -0.274 e. The third kappa shape index (κ3) is 3.28. The minimum atomic E-state index is -3.78. The summed E-state index contributed by atoms with van der Waals surface area (Å²) < 4.78 is 26.7. The van der Waals surface area contributed by atoms with Crippen LogP contribution in [0.25, 0.3) is 0 Å². The molecule has 0 aromatic heterocycles. The zero-order valence-electron chi connectivity index (χ0n) is 11.7. The fourth-order valence-electron chi connectivity index (χ4n) is 2.40. The summed E-state index contributed by atoms with van der Waals surface area (Å²) in [6, 6.07) is 5.07. The molecule has 0 fully saturated rings. The van der Waals surface area contributed by atoms with E-state index in [4.69, 9.17) is 0 Å². The molecule has 0 radical (unpaired) electrons. The lowest BCUT2D eigenvalue weighted by atomic mass is 9.94. The molecular weight excluding hydrogens is 274 g/mol. The first-order valence-electron chi connectivity index (χ1n) is 6.69. The largest absolute Gasteiger partial charge is 0.274 e. The van der Waals surface area contributed by atoms with Crippen LogP contribution in [0.3, 0.4) is 0 Å². The monoisotopic (exact) mass is 293 g/mol. The van der Waals surface area contributed by atoms with Gasteiger partial charge in [0.1, 0.15) is 0 Å². The Morgan fingerprint density at radius 1 is 1.25 bits per heavy atom. The highest BCUT2D eigenvalue weighted by atomic mass is 32.2.